The molecule has 0 aromatic heterocycles. The average molecular weight is 296 g/mol. The molecule has 0 radical (unpaired) electrons. The van der Waals surface area contributed by atoms with Crippen molar-refractivity contribution in [1.29, 1.82) is 0 Å². The molecule has 0 saturated heterocycles. The van der Waals surface area contributed by atoms with E-state index in [9.17, 15) is 13.2 Å². The molecule has 2 nitrogen and oxygen atoms in total. The van der Waals surface area contributed by atoms with E-state index in [-0.39, 0.29) is 12.4 Å². The summed E-state index contributed by atoms with van der Waals surface area (Å²) in [5, 5.41) is 0. The predicted octanol–water partition coefficient (Wildman–Crippen LogP) is 3.56. The molecule has 0 spiro atoms. The molecule has 0 N–H and O–H groups in total. The van der Waals surface area contributed by atoms with Gasteiger partial charge in [-0.15, -0.1) is 11.6 Å². The Morgan fingerprint density at radius 3 is 2.37 bits per heavy atom. The molecule has 0 fully saturated rings. The van der Waals surface area contributed by atoms with Crippen molar-refractivity contribution in [3.63, 3.8) is 0 Å². The molecule has 108 valence electrons. The fourth-order valence-electron chi connectivity index (χ4n) is 1.64. The summed E-state index contributed by atoms with van der Waals surface area (Å²) in [6.07, 6.45) is -3.66. The highest BCUT2D eigenvalue weighted by atomic mass is 35.5. The van der Waals surface area contributed by atoms with Crippen molar-refractivity contribution < 1.29 is 17.9 Å². The Morgan fingerprint density at radius 2 is 1.79 bits per heavy atom. The first-order valence-corrected chi connectivity index (χ1v) is 6.57. The van der Waals surface area contributed by atoms with Crippen molar-refractivity contribution in [2.75, 3.05) is 32.1 Å². The average Bonchev–Trinajstić information content (AvgIpc) is 2.34. The standard InChI is InChI=1S/C13H17ClF3NO/c14-7-9-18(11-13(15,16)17)8-4-10-19-12-5-2-1-3-6-12/h1-3,5-6H,4,7-11H2. The number of benzene rings is 1. The Morgan fingerprint density at radius 1 is 1.11 bits per heavy atom. The van der Waals surface area contributed by atoms with Gasteiger partial charge in [0.1, 0.15) is 5.75 Å². The summed E-state index contributed by atoms with van der Waals surface area (Å²) >= 11 is 5.49. The van der Waals surface area contributed by atoms with Crippen molar-refractivity contribution >= 4 is 11.6 Å². The van der Waals surface area contributed by atoms with Crippen LogP contribution in [-0.4, -0.2) is 43.2 Å². The molecule has 0 aliphatic carbocycles. The molecule has 1 aromatic carbocycles. The Kier molecular flexibility index (Phi) is 7.02. The molecule has 0 unspecified atom stereocenters. The predicted molar refractivity (Wildman–Crippen MR) is 69.8 cm³/mol. The monoisotopic (exact) mass is 295 g/mol. The lowest BCUT2D eigenvalue weighted by Crippen LogP contribution is -2.36. The zero-order chi connectivity index (χ0) is 14.1. The van der Waals surface area contributed by atoms with Crippen LogP contribution < -0.4 is 4.74 Å². The largest absolute Gasteiger partial charge is 0.494 e. The van der Waals surface area contributed by atoms with Gasteiger partial charge in [-0.25, -0.2) is 0 Å². The summed E-state index contributed by atoms with van der Waals surface area (Å²) in [5.74, 6) is 0.914. The maximum Gasteiger partial charge on any atom is 0.401 e. The number of hydrogen-bond acceptors (Lipinski definition) is 2. The van der Waals surface area contributed by atoms with Gasteiger partial charge in [-0.1, -0.05) is 18.2 Å². The summed E-state index contributed by atoms with van der Waals surface area (Å²) in [6, 6.07) is 9.19. The first-order valence-electron chi connectivity index (χ1n) is 6.04. The van der Waals surface area contributed by atoms with Crippen LogP contribution in [0.5, 0.6) is 5.75 Å². The zero-order valence-corrected chi connectivity index (χ0v) is 11.3. The lowest BCUT2D eigenvalue weighted by molar-refractivity contribution is -0.145. The van der Waals surface area contributed by atoms with Crippen molar-refractivity contribution in [2.45, 2.75) is 12.6 Å². The summed E-state index contributed by atoms with van der Waals surface area (Å²) in [4.78, 5) is 1.29. The quantitative estimate of drug-likeness (QED) is 0.537. The third kappa shape index (κ3) is 7.95. The van der Waals surface area contributed by atoms with Crippen molar-refractivity contribution in [3.05, 3.63) is 30.3 Å². The molecule has 0 amide bonds. The zero-order valence-electron chi connectivity index (χ0n) is 10.5. The van der Waals surface area contributed by atoms with Crippen molar-refractivity contribution in [1.82, 2.24) is 4.90 Å². The first-order chi connectivity index (χ1) is 9.01. The second kappa shape index (κ2) is 8.27. The minimum atomic E-state index is -4.19. The van der Waals surface area contributed by atoms with Gasteiger partial charge in [0.25, 0.3) is 0 Å². The van der Waals surface area contributed by atoms with Gasteiger partial charge in [0.2, 0.25) is 0 Å². The van der Waals surface area contributed by atoms with Crippen LogP contribution in [0.25, 0.3) is 0 Å². The van der Waals surface area contributed by atoms with Gasteiger partial charge in [0, 0.05) is 19.0 Å². The van der Waals surface area contributed by atoms with Crippen molar-refractivity contribution in [3.8, 4) is 5.75 Å². The lowest BCUT2D eigenvalue weighted by Gasteiger charge is -2.22. The molecule has 0 aliphatic heterocycles. The Hall–Kier alpha value is -0.940. The van der Waals surface area contributed by atoms with E-state index in [4.69, 9.17) is 16.3 Å². The topological polar surface area (TPSA) is 12.5 Å². The lowest BCUT2D eigenvalue weighted by atomic mass is 10.3. The van der Waals surface area contributed by atoms with Gasteiger partial charge in [-0.2, -0.15) is 13.2 Å². The summed E-state index contributed by atoms with van der Waals surface area (Å²) < 4.78 is 42.3. The number of alkyl halides is 4. The van der Waals surface area contributed by atoms with Gasteiger partial charge in [-0.3, -0.25) is 4.90 Å². The van der Waals surface area contributed by atoms with E-state index in [0.29, 0.717) is 19.6 Å². The van der Waals surface area contributed by atoms with Gasteiger partial charge >= 0.3 is 6.18 Å². The van der Waals surface area contributed by atoms with Crippen LogP contribution in [0.1, 0.15) is 6.42 Å². The molecule has 0 atom stereocenters. The maximum absolute atomic E-state index is 12.3. The smallest absolute Gasteiger partial charge is 0.401 e. The van der Waals surface area contributed by atoms with E-state index < -0.39 is 12.7 Å². The highest BCUT2D eigenvalue weighted by molar-refractivity contribution is 6.18. The third-order valence-corrected chi connectivity index (χ3v) is 2.60. The van der Waals surface area contributed by atoms with Crippen LogP contribution in [0.2, 0.25) is 0 Å². The van der Waals surface area contributed by atoms with Gasteiger partial charge < -0.3 is 4.74 Å². The maximum atomic E-state index is 12.3. The first kappa shape index (κ1) is 16.1. The van der Waals surface area contributed by atoms with E-state index in [0.717, 1.165) is 5.75 Å². The number of nitrogens with zero attached hydrogens (tertiary/aromatic N) is 1. The fourth-order valence-corrected chi connectivity index (χ4v) is 1.88. The number of ether oxygens (including phenoxy) is 1. The molecule has 19 heavy (non-hydrogen) atoms. The van der Waals surface area contributed by atoms with Crippen LogP contribution in [0.4, 0.5) is 13.2 Å². The van der Waals surface area contributed by atoms with Gasteiger partial charge in [0.05, 0.1) is 13.2 Å². The molecule has 1 aromatic rings. The normalized spacial score (nSPS) is 11.8. The Bertz CT molecular complexity index is 345. The molecule has 0 bridgehead atoms. The number of para-hydroxylation sites is 1. The van der Waals surface area contributed by atoms with Crippen LogP contribution in [0.15, 0.2) is 30.3 Å². The molecular weight excluding hydrogens is 279 g/mol. The van der Waals surface area contributed by atoms with Crippen LogP contribution in [0.3, 0.4) is 0 Å². The van der Waals surface area contributed by atoms with E-state index in [1.165, 1.54) is 4.90 Å². The SMILES string of the molecule is FC(F)(F)CN(CCCl)CCCOc1ccccc1. The number of hydrogen-bond donors (Lipinski definition) is 0. The summed E-state index contributed by atoms with van der Waals surface area (Å²) in [5.41, 5.74) is 0. The molecule has 1 rings (SSSR count). The summed E-state index contributed by atoms with van der Waals surface area (Å²) in [6.45, 7) is 0.0111. The molecule has 0 heterocycles. The van der Waals surface area contributed by atoms with Crippen molar-refractivity contribution in [2.24, 2.45) is 0 Å². The number of rotatable bonds is 8. The number of halogens is 4. The summed E-state index contributed by atoms with van der Waals surface area (Å²) in [7, 11) is 0. The third-order valence-electron chi connectivity index (χ3n) is 2.43. The van der Waals surface area contributed by atoms with Gasteiger partial charge in [0.15, 0.2) is 0 Å². The Balaban J connectivity index is 2.24. The molecule has 0 aliphatic rings. The molecule has 0 saturated carbocycles. The second-order valence-electron chi connectivity index (χ2n) is 4.10. The highest BCUT2D eigenvalue weighted by Crippen LogP contribution is 2.16. The van der Waals surface area contributed by atoms with Crippen LogP contribution in [-0.2, 0) is 0 Å². The van der Waals surface area contributed by atoms with E-state index in [1.54, 1.807) is 0 Å². The van der Waals surface area contributed by atoms with Crippen LogP contribution in [0, 0.1) is 0 Å². The minimum Gasteiger partial charge on any atom is -0.494 e. The molecule has 6 heteroatoms. The Labute approximate surface area is 116 Å². The van der Waals surface area contributed by atoms with E-state index in [1.807, 2.05) is 30.3 Å². The molecular formula is C13H17ClF3NO. The van der Waals surface area contributed by atoms with E-state index in [2.05, 4.69) is 0 Å². The highest BCUT2D eigenvalue weighted by Gasteiger charge is 2.30. The minimum absolute atomic E-state index is 0.190. The van der Waals surface area contributed by atoms with Crippen LogP contribution >= 0.6 is 11.6 Å². The fraction of sp³-hybridized carbons (Fsp3) is 0.538. The van der Waals surface area contributed by atoms with E-state index >= 15 is 0 Å². The second-order valence-corrected chi connectivity index (χ2v) is 4.47. The van der Waals surface area contributed by atoms with Gasteiger partial charge in [-0.05, 0) is 18.6 Å².